The molecule has 0 aromatic heterocycles. The van der Waals surface area contributed by atoms with Gasteiger partial charge < -0.3 is 14.2 Å². The van der Waals surface area contributed by atoms with E-state index in [-0.39, 0.29) is 12.8 Å². The maximum Gasteiger partial charge on any atom is 0.306 e. The molecule has 0 bridgehead atoms. The van der Waals surface area contributed by atoms with E-state index < -0.39 is 0 Å². The Kier molecular flexibility index (Phi) is 6.54. The Balaban J connectivity index is 2.53. The number of aryl methyl sites for hydroxylation is 1. The zero-order chi connectivity index (χ0) is 13.4. The molecule has 1 aromatic rings. The van der Waals surface area contributed by atoms with Gasteiger partial charge in [-0.1, -0.05) is 17.7 Å². The molecule has 0 heterocycles. The first-order valence-electron chi connectivity index (χ1n) is 5.73. The van der Waals surface area contributed by atoms with Gasteiger partial charge in [0.2, 0.25) is 0 Å². The molecule has 0 N–H and O–H groups in total. The molecule has 0 unspecified atom stereocenters. The normalized spacial score (nSPS) is 10.2. The second-order valence-corrected chi connectivity index (χ2v) is 4.03. The van der Waals surface area contributed by atoms with Gasteiger partial charge in [-0.3, -0.25) is 4.79 Å². The van der Waals surface area contributed by atoms with E-state index in [9.17, 15) is 4.79 Å². The standard InChI is InChI=1S/C13H17ClO4/c1-3-17-13(15)7-5-10-4-6-12(11(14)8-10)18-9-16-2/h4,6,8H,3,5,7,9H2,1-2H3. The summed E-state index contributed by atoms with van der Waals surface area (Å²) in [7, 11) is 1.54. The maximum atomic E-state index is 11.2. The van der Waals surface area contributed by atoms with Crippen LogP contribution in [0.2, 0.25) is 5.02 Å². The third-order valence-corrected chi connectivity index (χ3v) is 2.55. The van der Waals surface area contributed by atoms with E-state index in [1.165, 1.54) is 0 Å². The largest absolute Gasteiger partial charge is 0.466 e. The maximum absolute atomic E-state index is 11.2. The molecule has 1 aromatic carbocycles. The number of esters is 1. The smallest absolute Gasteiger partial charge is 0.306 e. The second-order valence-electron chi connectivity index (χ2n) is 3.62. The molecule has 0 aliphatic heterocycles. The van der Waals surface area contributed by atoms with Crippen LogP contribution in [0.25, 0.3) is 0 Å². The van der Waals surface area contributed by atoms with Gasteiger partial charge in [0.15, 0.2) is 6.79 Å². The molecule has 100 valence electrons. The summed E-state index contributed by atoms with van der Waals surface area (Å²) in [5, 5.41) is 0.508. The van der Waals surface area contributed by atoms with Crippen molar-refractivity contribution in [1.82, 2.24) is 0 Å². The van der Waals surface area contributed by atoms with E-state index in [4.69, 9.17) is 25.8 Å². The van der Waals surface area contributed by atoms with Crippen LogP contribution in [-0.4, -0.2) is 26.5 Å². The van der Waals surface area contributed by atoms with Crippen molar-refractivity contribution in [2.45, 2.75) is 19.8 Å². The Hall–Kier alpha value is -1.26. The Morgan fingerprint density at radius 2 is 2.17 bits per heavy atom. The lowest BCUT2D eigenvalue weighted by Gasteiger charge is -2.08. The van der Waals surface area contributed by atoms with Crippen molar-refractivity contribution in [3.63, 3.8) is 0 Å². The number of halogens is 1. The minimum atomic E-state index is -0.201. The minimum absolute atomic E-state index is 0.155. The van der Waals surface area contributed by atoms with Crippen molar-refractivity contribution in [3.05, 3.63) is 28.8 Å². The van der Waals surface area contributed by atoms with Crippen LogP contribution in [0.15, 0.2) is 18.2 Å². The molecule has 0 atom stereocenters. The van der Waals surface area contributed by atoms with Crippen LogP contribution in [0.1, 0.15) is 18.9 Å². The molecule has 0 aliphatic rings. The van der Waals surface area contributed by atoms with Crippen molar-refractivity contribution in [2.75, 3.05) is 20.5 Å². The zero-order valence-electron chi connectivity index (χ0n) is 10.6. The van der Waals surface area contributed by atoms with E-state index in [0.29, 0.717) is 30.2 Å². The van der Waals surface area contributed by atoms with Crippen LogP contribution in [-0.2, 0) is 20.7 Å². The lowest BCUT2D eigenvalue weighted by atomic mass is 10.1. The number of methoxy groups -OCH3 is 1. The molecular formula is C13H17ClO4. The lowest BCUT2D eigenvalue weighted by molar-refractivity contribution is -0.143. The Bertz CT molecular complexity index is 393. The van der Waals surface area contributed by atoms with Crippen molar-refractivity contribution in [1.29, 1.82) is 0 Å². The third kappa shape index (κ3) is 4.94. The monoisotopic (exact) mass is 272 g/mol. The van der Waals surface area contributed by atoms with Gasteiger partial charge in [-0.05, 0) is 31.0 Å². The van der Waals surface area contributed by atoms with Crippen molar-refractivity contribution < 1.29 is 19.0 Å². The summed E-state index contributed by atoms with van der Waals surface area (Å²) in [5.41, 5.74) is 0.970. The molecular weight excluding hydrogens is 256 g/mol. The summed E-state index contributed by atoms with van der Waals surface area (Å²) in [6.45, 7) is 2.35. The van der Waals surface area contributed by atoms with E-state index in [0.717, 1.165) is 5.56 Å². The van der Waals surface area contributed by atoms with Crippen molar-refractivity contribution >= 4 is 17.6 Å². The fourth-order valence-electron chi connectivity index (χ4n) is 1.42. The molecule has 4 nitrogen and oxygen atoms in total. The Morgan fingerprint density at radius 3 is 2.78 bits per heavy atom. The summed E-state index contributed by atoms with van der Waals surface area (Å²) < 4.78 is 14.9. The van der Waals surface area contributed by atoms with E-state index in [2.05, 4.69) is 0 Å². The molecule has 0 amide bonds. The molecule has 0 saturated carbocycles. The summed E-state index contributed by atoms with van der Waals surface area (Å²) in [6, 6.07) is 5.42. The van der Waals surface area contributed by atoms with Crippen LogP contribution >= 0.6 is 11.6 Å². The molecule has 5 heteroatoms. The van der Waals surface area contributed by atoms with Gasteiger partial charge in [-0.2, -0.15) is 0 Å². The summed E-state index contributed by atoms with van der Waals surface area (Å²) in [6.07, 6.45) is 0.950. The molecule has 0 aliphatic carbocycles. The first-order chi connectivity index (χ1) is 8.67. The van der Waals surface area contributed by atoms with Gasteiger partial charge in [-0.25, -0.2) is 0 Å². The number of ether oxygens (including phenoxy) is 3. The number of carbonyl (C=O) groups excluding carboxylic acids is 1. The number of hydrogen-bond acceptors (Lipinski definition) is 4. The molecule has 18 heavy (non-hydrogen) atoms. The van der Waals surface area contributed by atoms with E-state index in [1.54, 1.807) is 26.2 Å². The van der Waals surface area contributed by atoms with Crippen molar-refractivity contribution in [2.24, 2.45) is 0 Å². The highest BCUT2D eigenvalue weighted by Crippen LogP contribution is 2.25. The SMILES string of the molecule is CCOC(=O)CCc1ccc(OCOC)c(Cl)c1. The van der Waals surface area contributed by atoms with Crippen LogP contribution in [0.5, 0.6) is 5.75 Å². The van der Waals surface area contributed by atoms with E-state index >= 15 is 0 Å². The molecule has 0 radical (unpaired) electrons. The fourth-order valence-corrected chi connectivity index (χ4v) is 1.68. The topological polar surface area (TPSA) is 44.8 Å². The number of rotatable bonds is 7. The number of hydrogen-bond donors (Lipinski definition) is 0. The zero-order valence-corrected chi connectivity index (χ0v) is 11.3. The lowest BCUT2D eigenvalue weighted by Crippen LogP contribution is -2.05. The predicted molar refractivity (Wildman–Crippen MR) is 68.9 cm³/mol. The molecule has 0 fully saturated rings. The number of carbonyl (C=O) groups is 1. The van der Waals surface area contributed by atoms with Crippen molar-refractivity contribution in [3.8, 4) is 5.75 Å². The predicted octanol–water partition coefficient (Wildman–Crippen LogP) is 2.82. The minimum Gasteiger partial charge on any atom is -0.466 e. The highest BCUT2D eigenvalue weighted by Gasteiger charge is 2.06. The first kappa shape index (κ1) is 14.8. The third-order valence-electron chi connectivity index (χ3n) is 2.25. The Labute approximate surface area is 112 Å². The first-order valence-corrected chi connectivity index (χ1v) is 6.11. The highest BCUT2D eigenvalue weighted by molar-refractivity contribution is 6.32. The van der Waals surface area contributed by atoms with E-state index in [1.807, 2.05) is 6.07 Å². The second kappa shape index (κ2) is 7.95. The quantitative estimate of drug-likeness (QED) is 0.566. The Morgan fingerprint density at radius 1 is 1.39 bits per heavy atom. The highest BCUT2D eigenvalue weighted by atomic mass is 35.5. The van der Waals surface area contributed by atoms with Gasteiger partial charge >= 0.3 is 5.97 Å². The summed E-state index contributed by atoms with van der Waals surface area (Å²) in [5.74, 6) is 0.367. The molecule has 0 saturated heterocycles. The van der Waals surface area contributed by atoms with Gasteiger partial charge in [0.05, 0.1) is 11.6 Å². The fraction of sp³-hybridized carbons (Fsp3) is 0.462. The van der Waals surface area contributed by atoms with Crippen LogP contribution in [0, 0.1) is 0 Å². The summed E-state index contributed by atoms with van der Waals surface area (Å²) in [4.78, 5) is 11.2. The van der Waals surface area contributed by atoms with Gasteiger partial charge in [-0.15, -0.1) is 0 Å². The molecule has 0 spiro atoms. The average Bonchev–Trinajstić information content (AvgIpc) is 2.35. The average molecular weight is 273 g/mol. The van der Waals surface area contributed by atoms with Crippen LogP contribution < -0.4 is 4.74 Å². The van der Waals surface area contributed by atoms with Crippen LogP contribution in [0.3, 0.4) is 0 Å². The summed E-state index contributed by atoms with van der Waals surface area (Å²) >= 11 is 6.04. The van der Waals surface area contributed by atoms with Gasteiger partial charge in [0.1, 0.15) is 5.75 Å². The van der Waals surface area contributed by atoms with Gasteiger partial charge in [0, 0.05) is 13.5 Å². The van der Waals surface area contributed by atoms with Gasteiger partial charge in [0.25, 0.3) is 0 Å². The van der Waals surface area contributed by atoms with Crippen LogP contribution in [0.4, 0.5) is 0 Å². The number of benzene rings is 1. The molecule has 1 rings (SSSR count).